The molecular weight excluding hydrogens is 390 g/mol. The first-order chi connectivity index (χ1) is 14.4. The van der Waals surface area contributed by atoms with E-state index >= 15 is 0 Å². The van der Waals surface area contributed by atoms with E-state index in [9.17, 15) is 25.0 Å². The number of hydrogen-bond acceptors (Lipinski definition) is 7. The second-order valence-electron chi connectivity index (χ2n) is 7.12. The van der Waals surface area contributed by atoms with Gasteiger partial charge in [0.2, 0.25) is 5.78 Å². The third kappa shape index (κ3) is 4.51. The zero-order valence-corrected chi connectivity index (χ0v) is 16.4. The molecule has 0 bridgehead atoms. The zero-order valence-electron chi connectivity index (χ0n) is 16.4. The number of nitro groups is 2. The van der Waals surface area contributed by atoms with Crippen LogP contribution in [0.3, 0.4) is 0 Å². The van der Waals surface area contributed by atoms with Crippen LogP contribution >= 0.6 is 0 Å². The van der Waals surface area contributed by atoms with Gasteiger partial charge in [0, 0.05) is 17.5 Å². The summed E-state index contributed by atoms with van der Waals surface area (Å²) in [6.45, 7) is 0. The van der Waals surface area contributed by atoms with Gasteiger partial charge in [0.25, 0.3) is 11.4 Å². The van der Waals surface area contributed by atoms with Crippen LogP contribution in [0.25, 0.3) is 11.1 Å². The molecule has 0 spiro atoms. The summed E-state index contributed by atoms with van der Waals surface area (Å²) in [5.41, 5.74) is 0.798. The number of oxime groups is 1. The summed E-state index contributed by atoms with van der Waals surface area (Å²) in [4.78, 5) is 38.8. The lowest BCUT2D eigenvalue weighted by Gasteiger charge is -2.22. The van der Waals surface area contributed by atoms with Crippen molar-refractivity contribution in [2.45, 2.75) is 32.1 Å². The van der Waals surface area contributed by atoms with E-state index in [1.54, 1.807) is 24.3 Å². The van der Waals surface area contributed by atoms with Gasteiger partial charge in [0.15, 0.2) is 0 Å². The molecule has 0 unspecified atom stereocenters. The second kappa shape index (κ2) is 9.25. The third-order valence-corrected chi connectivity index (χ3v) is 5.26. The molecule has 1 aliphatic carbocycles. The number of ketones is 1. The maximum atomic E-state index is 13.0. The Bertz CT molecular complexity index is 994. The molecule has 2 aromatic rings. The Morgan fingerprint density at radius 3 is 2.23 bits per heavy atom. The molecule has 156 valence electrons. The lowest BCUT2D eigenvalue weighted by molar-refractivity contribution is -0.393. The normalized spacial score (nSPS) is 14.9. The average molecular weight is 411 g/mol. The molecule has 1 fully saturated rings. The highest BCUT2D eigenvalue weighted by atomic mass is 16.6. The smallest absolute Gasteiger partial charge is 0.284 e. The number of non-ortho nitro benzene ring substituents is 1. The maximum Gasteiger partial charge on any atom is 0.284 e. The highest BCUT2D eigenvalue weighted by molar-refractivity contribution is 6.46. The minimum atomic E-state index is -0.680. The lowest BCUT2D eigenvalue weighted by Crippen LogP contribution is -2.26. The number of carbonyl (C=O) groups excluding carboxylic acids is 1. The Morgan fingerprint density at radius 1 is 1.00 bits per heavy atom. The standard InChI is InChI=1S/C21H21N3O6/c1-30-22-20(15-5-3-2-4-6-15)21(25)16-9-7-14(8-10-16)18-12-11-17(23(26)27)13-19(18)24(28)29/h7-13,15H,2-6H2,1H3/b22-20-. The van der Waals surface area contributed by atoms with E-state index in [1.165, 1.54) is 19.2 Å². The van der Waals surface area contributed by atoms with Gasteiger partial charge in [-0.15, -0.1) is 0 Å². The van der Waals surface area contributed by atoms with E-state index in [2.05, 4.69) is 5.16 Å². The van der Waals surface area contributed by atoms with Crippen LogP contribution in [0.2, 0.25) is 0 Å². The van der Waals surface area contributed by atoms with Crippen molar-refractivity contribution >= 4 is 22.9 Å². The summed E-state index contributed by atoms with van der Waals surface area (Å²) < 4.78 is 0. The van der Waals surface area contributed by atoms with Gasteiger partial charge >= 0.3 is 0 Å². The summed E-state index contributed by atoms with van der Waals surface area (Å²) in [5, 5.41) is 26.3. The van der Waals surface area contributed by atoms with Gasteiger partial charge in [-0.1, -0.05) is 48.7 Å². The third-order valence-electron chi connectivity index (χ3n) is 5.26. The lowest BCUT2D eigenvalue weighted by atomic mass is 9.83. The minimum Gasteiger partial charge on any atom is -0.399 e. The molecule has 0 radical (unpaired) electrons. The minimum absolute atomic E-state index is 0.0571. The Hall–Kier alpha value is -3.62. The van der Waals surface area contributed by atoms with Gasteiger partial charge < -0.3 is 4.84 Å². The van der Waals surface area contributed by atoms with E-state index in [0.717, 1.165) is 38.2 Å². The maximum absolute atomic E-state index is 13.0. The molecule has 0 aromatic heterocycles. The van der Waals surface area contributed by atoms with Crippen molar-refractivity contribution < 1.29 is 19.5 Å². The molecule has 0 N–H and O–H groups in total. The molecule has 30 heavy (non-hydrogen) atoms. The largest absolute Gasteiger partial charge is 0.399 e. The molecular formula is C21H21N3O6. The first kappa shape index (κ1) is 21.1. The average Bonchev–Trinajstić information content (AvgIpc) is 2.77. The van der Waals surface area contributed by atoms with Gasteiger partial charge in [0.05, 0.1) is 21.5 Å². The summed E-state index contributed by atoms with van der Waals surface area (Å²) in [6, 6.07) is 9.83. The van der Waals surface area contributed by atoms with Crippen LogP contribution in [-0.4, -0.2) is 28.5 Å². The summed E-state index contributed by atoms with van der Waals surface area (Å²) >= 11 is 0. The fraction of sp³-hybridized carbons (Fsp3) is 0.333. The fourth-order valence-corrected chi connectivity index (χ4v) is 3.75. The van der Waals surface area contributed by atoms with Crippen LogP contribution < -0.4 is 0 Å². The number of benzene rings is 2. The Morgan fingerprint density at radius 2 is 1.67 bits per heavy atom. The highest BCUT2D eigenvalue weighted by Crippen LogP contribution is 2.33. The quantitative estimate of drug-likeness (QED) is 0.275. The molecule has 0 atom stereocenters. The number of rotatable bonds is 7. The first-order valence-electron chi connectivity index (χ1n) is 9.61. The Kier molecular flexibility index (Phi) is 6.51. The molecule has 0 aliphatic heterocycles. The van der Waals surface area contributed by atoms with E-state index in [4.69, 9.17) is 4.84 Å². The van der Waals surface area contributed by atoms with Crippen molar-refractivity contribution in [1.29, 1.82) is 0 Å². The molecule has 9 nitrogen and oxygen atoms in total. The molecule has 3 rings (SSSR count). The monoisotopic (exact) mass is 411 g/mol. The number of carbonyl (C=O) groups is 1. The van der Waals surface area contributed by atoms with Crippen LogP contribution in [0.1, 0.15) is 42.5 Å². The molecule has 9 heteroatoms. The van der Waals surface area contributed by atoms with Crippen LogP contribution in [0, 0.1) is 26.1 Å². The second-order valence-corrected chi connectivity index (χ2v) is 7.12. The molecule has 1 aliphatic rings. The predicted octanol–water partition coefficient (Wildman–Crippen LogP) is 4.94. The van der Waals surface area contributed by atoms with Gasteiger partial charge in [0.1, 0.15) is 12.8 Å². The van der Waals surface area contributed by atoms with Crippen molar-refractivity contribution in [1.82, 2.24) is 0 Å². The fourth-order valence-electron chi connectivity index (χ4n) is 3.75. The van der Waals surface area contributed by atoms with E-state index in [-0.39, 0.29) is 28.6 Å². The first-order valence-corrected chi connectivity index (χ1v) is 9.61. The highest BCUT2D eigenvalue weighted by Gasteiger charge is 2.27. The van der Waals surface area contributed by atoms with Crippen molar-refractivity contribution in [2.24, 2.45) is 11.1 Å². The molecule has 2 aromatic carbocycles. The van der Waals surface area contributed by atoms with Crippen molar-refractivity contribution in [3.8, 4) is 11.1 Å². The van der Waals surface area contributed by atoms with E-state index < -0.39 is 9.85 Å². The molecule has 0 amide bonds. The number of nitro benzene ring substituents is 2. The predicted molar refractivity (Wildman–Crippen MR) is 111 cm³/mol. The summed E-state index contributed by atoms with van der Waals surface area (Å²) in [7, 11) is 1.41. The van der Waals surface area contributed by atoms with Crippen molar-refractivity contribution in [3.05, 3.63) is 68.3 Å². The van der Waals surface area contributed by atoms with Gasteiger partial charge in [-0.3, -0.25) is 25.0 Å². The zero-order chi connectivity index (χ0) is 21.7. The molecule has 0 saturated heterocycles. The van der Waals surface area contributed by atoms with Crippen LogP contribution in [0.5, 0.6) is 0 Å². The summed E-state index contributed by atoms with van der Waals surface area (Å²) in [5.74, 6) is -0.171. The summed E-state index contributed by atoms with van der Waals surface area (Å²) in [6.07, 6.45) is 5.02. The number of nitrogens with zero attached hydrogens (tertiary/aromatic N) is 3. The van der Waals surface area contributed by atoms with Gasteiger partial charge in [-0.2, -0.15) is 0 Å². The number of Topliss-reactive ketones (excluding diaryl/α,β-unsaturated/α-hetero) is 1. The molecule has 1 saturated carbocycles. The topological polar surface area (TPSA) is 125 Å². The van der Waals surface area contributed by atoms with Crippen molar-refractivity contribution in [3.63, 3.8) is 0 Å². The number of hydrogen-bond donors (Lipinski definition) is 0. The van der Waals surface area contributed by atoms with E-state index in [0.29, 0.717) is 16.8 Å². The van der Waals surface area contributed by atoms with Crippen LogP contribution in [0.4, 0.5) is 11.4 Å². The van der Waals surface area contributed by atoms with Crippen LogP contribution in [-0.2, 0) is 4.84 Å². The van der Waals surface area contributed by atoms with E-state index in [1.807, 2.05) is 0 Å². The van der Waals surface area contributed by atoms with Crippen molar-refractivity contribution in [2.75, 3.05) is 7.11 Å². The van der Waals surface area contributed by atoms with Gasteiger partial charge in [-0.25, -0.2) is 0 Å². The Balaban J connectivity index is 1.91. The van der Waals surface area contributed by atoms with Crippen LogP contribution in [0.15, 0.2) is 47.6 Å². The molecule has 0 heterocycles. The Labute approximate surface area is 172 Å². The SMILES string of the molecule is CO/N=C(\C(=O)c1ccc(-c2ccc([N+](=O)[O-])cc2[N+](=O)[O-])cc1)C1CCCCC1. The van der Waals surface area contributed by atoms with Gasteiger partial charge in [-0.05, 0) is 24.5 Å².